The molecule has 4 rings (SSSR count). The molecule has 4 fully saturated rings. The van der Waals surface area contributed by atoms with Gasteiger partial charge in [0, 0.05) is 34.5 Å². The van der Waals surface area contributed by atoms with Crippen molar-refractivity contribution in [1.29, 1.82) is 0 Å². The highest BCUT2D eigenvalue weighted by Gasteiger charge is 2.68. The zero-order valence-electron chi connectivity index (χ0n) is 25.2. The second kappa shape index (κ2) is 11.8. The lowest BCUT2D eigenvalue weighted by molar-refractivity contribution is -0.205. The van der Waals surface area contributed by atoms with E-state index in [0.29, 0.717) is 18.9 Å². The number of ether oxygens (including phenoxy) is 1. The summed E-state index contributed by atoms with van der Waals surface area (Å²) in [6, 6.07) is 0.433. The van der Waals surface area contributed by atoms with Crippen molar-refractivity contribution in [3.05, 3.63) is 12.7 Å². The van der Waals surface area contributed by atoms with E-state index in [4.69, 9.17) is 4.74 Å². The average molecular weight is 564 g/mol. The second-order valence-corrected chi connectivity index (χ2v) is 14.9. The van der Waals surface area contributed by atoms with Crippen molar-refractivity contribution in [3.63, 3.8) is 0 Å². The first-order chi connectivity index (χ1) is 18.4. The Kier molecular flexibility index (Phi) is 9.37. The molecule has 0 heterocycles. The topological polar surface area (TPSA) is 87.1 Å². The van der Waals surface area contributed by atoms with E-state index in [1.807, 2.05) is 13.0 Å². The lowest BCUT2D eigenvalue weighted by atomic mass is 9.44. The van der Waals surface area contributed by atoms with Crippen molar-refractivity contribution in [3.8, 4) is 0 Å². The van der Waals surface area contributed by atoms with Gasteiger partial charge in [-0.25, -0.2) is 0 Å². The van der Waals surface area contributed by atoms with E-state index in [2.05, 4.69) is 46.1 Å². The number of esters is 1. The lowest BCUT2D eigenvalue weighted by Gasteiger charge is -2.61. The Labute approximate surface area is 240 Å². The molecule has 0 amide bonds. The summed E-state index contributed by atoms with van der Waals surface area (Å²) in [5.41, 5.74) is -1.40. The number of aliphatic hydroxyl groups excluding tert-OH is 2. The summed E-state index contributed by atoms with van der Waals surface area (Å²) in [6.45, 7) is 19.0. The van der Waals surface area contributed by atoms with Crippen molar-refractivity contribution in [1.82, 2.24) is 4.90 Å². The molecule has 0 spiro atoms. The van der Waals surface area contributed by atoms with Gasteiger partial charge in [0.05, 0.1) is 18.0 Å². The summed E-state index contributed by atoms with van der Waals surface area (Å²) >= 11 is 1.51. The molecule has 0 aliphatic heterocycles. The minimum Gasteiger partial charge on any atom is -0.461 e. The Morgan fingerprint density at radius 3 is 2.49 bits per heavy atom. The van der Waals surface area contributed by atoms with E-state index >= 15 is 0 Å². The van der Waals surface area contributed by atoms with E-state index < -0.39 is 29.1 Å². The molecule has 4 aliphatic carbocycles. The van der Waals surface area contributed by atoms with E-state index in [1.165, 1.54) is 11.8 Å². The third-order valence-corrected chi connectivity index (χ3v) is 13.4. The monoisotopic (exact) mass is 563 g/mol. The normalized spacial score (nSPS) is 46.3. The van der Waals surface area contributed by atoms with Crippen LogP contribution in [0.2, 0.25) is 0 Å². The standard InChI is InChI=1S/C32H53NO5S/c1-8-30(6)18-26(38-27(36)19-39-25-17-22(11-12-23(25)34)33(9-2)10-3)31(7)20(4)13-15-32(21(5)29(30)37)16-14-24(35)28(31)32/h8,20-23,25-26,28-29,34,37H,1,9-19H2,2-7H3/t20-,21+,22+,23+,25+,26-,28+,29+,30-,31+,32+/m1/s1. The molecule has 11 atom stereocenters. The van der Waals surface area contributed by atoms with E-state index in [0.717, 1.165) is 51.6 Å². The Morgan fingerprint density at radius 1 is 1.15 bits per heavy atom. The predicted molar refractivity (Wildman–Crippen MR) is 157 cm³/mol. The van der Waals surface area contributed by atoms with Gasteiger partial charge in [0.1, 0.15) is 11.9 Å². The largest absolute Gasteiger partial charge is 0.461 e. The number of thioether (sulfide) groups is 1. The first-order valence-electron chi connectivity index (χ1n) is 15.4. The molecule has 222 valence electrons. The molecular weight excluding hydrogens is 510 g/mol. The van der Waals surface area contributed by atoms with Gasteiger partial charge in [0.15, 0.2) is 0 Å². The predicted octanol–water partition coefficient (Wildman–Crippen LogP) is 5.25. The zero-order chi connectivity index (χ0) is 28.8. The van der Waals surface area contributed by atoms with Gasteiger partial charge in [-0.1, -0.05) is 47.6 Å². The van der Waals surface area contributed by atoms with Crippen LogP contribution in [0.25, 0.3) is 0 Å². The van der Waals surface area contributed by atoms with Gasteiger partial charge < -0.3 is 19.8 Å². The number of nitrogens with zero attached hydrogens (tertiary/aromatic N) is 1. The van der Waals surface area contributed by atoms with E-state index in [9.17, 15) is 19.8 Å². The van der Waals surface area contributed by atoms with Gasteiger partial charge in [-0.2, -0.15) is 0 Å². The van der Waals surface area contributed by atoms with Gasteiger partial charge in [-0.15, -0.1) is 18.3 Å². The van der Waals surface area contributed by atoms with Crippen LogP contribution in [0.3, 0.4) is 0 Å². The fraction of sp³-hybridized carbons (Fsp3) is 0.875. The van der Waals surface area contributed by atoms with Gasteiger partial charge >= 0.3 is 5.97 Å². The number of carbonyl (C=O) groups excluding carboxylic acids is 2. The first kappa shape index (κ1) is 31.1. The van der Waals surface area contributed by atoms with Crippen LogP contribution in [-0.2, 0) is 14.3 Å². The third kappa shape index (κ3) is 5.28. The summed E-state index contributed by atoms with van der Waals surface area (Å²) in [6.07, 6.45) is 6.58. The van der Waals surface area contributed by atoms with Crippen LogP contribution in [0.15, 0.2) is 12.7 Å². The van der Waals surface area contributed by atoms with Crippen molar-refractivity contribution in [2.24, 2.45) is 34.0 Å². The molecule has 0 radical (unpaired) electrons. The molecular formula is C32H53NO5S. The minimum atomic E-state index is -0.661. The van der Waals surface area contributed by atoms with Gasteiger partial charge in [0.2, 0.25) is 0 Å². The van der Waals surface area contributed by atoms with Crippen LogP contribution in [0.5, 0.6) is 0 Å². The maximum Gasteiger partial charge on any atom is 0.316 e. The van der Waals surface area contributed by atoms with Gasteiger partial charge in [0.25, 0.3) is 0 Å². The lowest BCUT2D eigenvalue weighted by Crippen LogP contribution is -2.63. The molecule has 0 aromatic carbocycles. The second-order valence-electron chi connectivity index (χ2n) is 13.7. The highest BCUT2D eigenvalue weighted by Crippen LogP contribution is 2.68. The molecule has 4 saturated carbocycles. The van der Waals surface area contributed by atoms with Crippen LogP contribution >= 0.6 is 11.8 Å². The Hall–Kier alpha value is -0.890. The summed E-state index contributed by atoms with van der Waals surface area (Å²) in [5.74, 6) is 0.131. The highest BCUT2D eigenvalue weighted by atomic mass is 32.2. The summed E-state index contributed by atoms with van der Waals surface area (Å²) < 4.78 is 6.40. The quantitative estimate of drug-likeness (QED) is 0.308. The van der Waals surface area contributed by atoms with E-state index in [-0.39, 0.29) is 45.9 Å². The summed E-state index contributed by atoms with van der Waals surface area (Å²) in [4.78, 5) is 29.5. The molecule has 2 bridgehead atoms. The molecule has 7 heteroatoms. The van der Waals surface area contributed by atoms with Gasteiger partial charge in [-0.05, 0) is 75.3 Å². The van der Waals surface area contributed by atoms with Crippen molar-refractivity contribution in [2.75, 3.05) is 18.8 Å². The SMILES string of the molecule is C=C[C@]1(C)C[C@@H](OC(=O)CS[C@H]2C[C@@H](N(CC)CC)CC[C@@H]2O)[C@]2(C)[C@H](C)CC[C@]3(CCC(=O)[C@H]32)[C@@H](C)[C@@H]1O. The molecule has 0 aromatic heterocycles. The molecule has 39 heavy (non-hydrogen) atoms. The molecule has 4 aliphatic rings. The third-order valence-electron chi connectivity index (χ3n) is 12.0. The molecule has 0 unspecified atom stereocenters. The van der Waals surface area contributed by atoms with Crippen LogP contribution in [0.4, 0.5) is 0 Å². The van der Waals surface area contributed by atoms with Crippen LogP contribution in [-0.4, -0.2) is 75.3 Å². The number of hydrogen-bond donors (Lipinski definition) is 2. The van der Waals surface area contributed by atoms with Crippen LogP contribution in [0.1, 0.15) is 92.9 Å². The van der Waals surface area contributed by atoms with Crippen LogP contribution in [0, 0.1) is 34.0 Å². The fourth-order valence-electron chi connectivity index (χ4n) is 9.21. The Morgan fingerprint density at radius 2 is 1.85 bits per heavy atom. The molecule has 0 aromatic rings. The molecule has 2 N–H and O–H groups in total. The summed E-state index contributed by atoms with van der Waals surface area (Å²) in [7, 11) is 0. The average Bonchev–Trinajstić information content (AvgIpc) is 3.27. The number of rotatable bonds is 8. The number of Topliss-reactive ketones (excluding diaryl/α,β-unsaturated/α-hetero) is 1. The highest BCUT2D eigenvalue weighted by molar-refractivity contribution is 8.00. The number of ketones is 1. The van der Waals surface area contributed by atoms with Crippen LogP contribution < -0.4 is 0 Å². The van der Waals surface area contributed by atoms with E-state index in [1.54, 1.807) is 0 Å². The number of aliphatic hydroxyl groups is 2. The zero-order valence-corrected chi connectivity index (χ0v) is 26.0. The minimum absolute atomic E-state index is 0.00333. The Bertz CT molecular complexity index is 924. The van der Waals surface area contributed by atoms with Crippen molar-refractivity contribution < 1.29 is 24.5 Å². The number of hydrogen-bond acceptors (Lipinski definition) is 7. The van der Waals surface area contributed by atoms with Gasteiger partial charge in [-0.3, -0.25) is 9.59 Å². The fourth-order valence-corrected chi connectivity index (χ4v) is 10.3. The Balaban J connectivity index is 1.57. The first-order valence-corrected chi connectivity index (χ1v) is 16.5. The summed E-state index contributed by atoms with van der Waals surface area (Å²) in [5, 5.41) is 22.4. The maximum absolute atomic E-state index is 13.6. The molecule has 6 nitrogen and oxygen atoms in total. The van der Waals surface area contributed by atoms with Crippen molar-refractivity contribution >= 4 is 23.5 Å². The molecule has 0 saturated heterocycles. The smallest absolute Gasteiger partial charge is 0.316 e. The maximum atomic E-state index is 13.6. The number of carbonyl (C=O) groups is 2. The van der Waals surface area contributed by atoms with Crippen molar-refractivity contribution in [2.45, 2.75) is 123 Å².